The lowest BCUT2D eigenvalue weighted by Crippen LogP contribution is -2.56. The van der Waals surface area contributed by atoms with Crippen LogP contribution in [0.5, 0.6) is 0 Å². The molecule has 2 amide bonds. The van der Waals surface area contributed by atoms with Crippen LogP contribution in [0, 0.1) is 11.8 Å². The lowest BCUT2D eigenvalue weighted by atomic mass is 9.66. The van der Waals surface area contributed by atoms with E-state index in [2.05, 4.69) is 13.2 Å². The van der Waals surface area contributed by atoms with Crippen LogP contribution in [0.1, 0.15) is 50.6 Å². The van der Waals surface area contributed by atoms with Gasteiger partial charge in [0, 0.05) is 11.3 Å². The van der Waals surface area contributed by atoms with Crippen molar-refractivity contribution >= 4 is 46.8 Å². The molecule has 2 unspecified atom stereocenters. The first-order valence-corrected chi connectivity index (χ1v) is 16.1. The molecule has 0 aromatic heterocycles. The van der Waals surface area contributed by atoms with E-state index in [0.29, 0.717) is 35.5 Å². The second kappa shape index (κ2) is 12.9. The number of carbonyl (C=O) groups excluding carboxylic acids is 3. The van der Waals surface area contributed by atoms with Gasteiger partial charge in [0.15, 0.2) is 0 Å². The first-order valence-electron chi connectivity index (χ1n) is 14.9. The van der Waals surface area contributed by atoms with Crippen LogP contribution in [0.15, 0.2) is 79.9 Å². The Labute approximate surface area is 262 Å². The molecule has 3 aliphatic heterocycles. The number of hydrogen-bond acceptors (Lipinski definition) is 6. The molecule has 43 heavy (non-hydrogen) atoms. The number of thioether (sulfide) groups is 1. The Morgan fingerprint density at radius 3 is 2.53 bits per heavy atom. The monoisotopic (exact) mass is 622 g/mol. The standard InChI is InChI=1S/C34H39ClN2O5S/c1-4-6-7-13-21-42-32(41)28-27-30(39)37(26(22-38)23-14-9-8-10-15-23)29(34(27)19-18-33(28,3)43-34)31(40)36(20-5-2)25-17-12-11-16-24(25)35/h4-5,8-12,14-17,26-29,38H,1-2,6-7,13,18-22H2,3H3/t26-,27+,28+,29?,33-,34?/m1/s1. The maximum atomic E-state index is 14.9. The normalized spacial score (nSPS) is 27.9. The summed E-state index contributed by atoms with van der Waals surface area (Å²) in [5.74, 6) is -2.48. The van der Waals surface area contributed by atoms with E-state index in [-0.39, 0.29) is 31.6 Å². The second-order valence-electron chi connectivity index (χ2n) is 11.7. The zero-order valence-electron chi connectivity index (χ0n) is 24.5. The summed E-state index contributed by atoms with van der Waals surface area (Å²) in [6.07, 6.45) is 7.12. The number of benzene rings is 2. The third-order valence-electron chi connectivity index (χ3n) is 9.16. The van der Waals surface area contributed by atoms with E-state index in [1.54, 1.807) is 45.8 Å². The van der Waals surface area contributed by atoms with Crippen molar-refractivity contribution in [1.82, 2.24) is 4.90 Å². The van der Waals surface area contributed by atoms with Crippen LogP contribution in [-0.4, -0.2) is 63.1 Å². The van der Waals surface area contributed by atoms with Gasteiger partial charge in [-0.25, -0.2) is 0 Å². The largest absolute Gasteiger partial charge is 0.465 e. The number of carbonyl (C=O) groups is 3. The van der Waals surface area contributed by atoms with Crippen molar-refractivity contribution in [3.05, 3.63) is 90.5 Å². The molecule has 1 N–H and O–H groups in total. The van der Waals surface area contributed by atoms with Gasteiger partial charge in [-0.15, -0.1) is 24.9 Å². The second-order valence-corrected chi connectivity index (χ2v) is 14.0. The number of unbranched alkanes of at least 4 members (excludes halogenated alkanes) is 2. The van der Waals surface area contributed by atoms with Crippen molar-refractivity contribution < 1.29 is 24.2 Å². The highest BCUT2D eigenvalue weighted by molar-refractivity contribution is 8.02. The summed E-state index contributed by atoms with van der Waals surface area (Å²) in [5.41, 5.74) is 1.23. The molecular weight excluding hydrogens is 584 g/mol. The number of nitrogens with zero attached hydrogens (tertiary/aromatic N) is 2. The average Bonchev–Trinajstić information content (AvgIpc) is 3.58. The van der Waals surface area contributed by atoms with Crippen LogP contribution in [0.4, 0.5) is 5.69 Å². The number of fused-ring (bicyclic) bond motifs is 1. The Morgan fingerprint density at radius 2 is 1.86 bits per heavy atom. The molecule has 3 fully saturated rings. The Hall–Kier alpha value is -3.07. The Bertz CT molecular complexity index is 1390. The van der Waals surface area contributed by atoms with E-state index < -0.39 is 39.4 Å². The number of halogens is 1. The van der Waals surface area contributed by atoms with Crippen molar-refractivity contribution in [1.29, 1.82) is 0 Å². The van der Waals surface area contributed by atoms with E-state index in [1.807, 2.05) is 49.4 Å². The summed E-state index contributed by atoms with van der Waals surface area (Å²) >= 11 is 8.16. The molecule has 0 radical (unpaired) electrons. The SMILES string of the molecule is C=CCCCCOC(=O)[C@@H]1[C@H]2C(=O)N([C@H](CO)c3ccccc3)C(C(=O)N(CC=C)c3ccccc3Cl)C23CC[C@@]1(C)S3. The molecule has 9 heteroatoms. The summed E-state index contributed by atoms with van der Waals surface area (Å²) in [5, 5.41) is 11.1. The molecule has 228 valence electrons. The van der Waals surface area contributed by atoms with Crippen LogP contribution in [-0.2, 0) is 19.1 Å². The number of rotatable bonds is 13. The van der Waals surface area contributed by atoms with E-state index in [0.717, 1.165) is 12.8 Å². The van der Waals surface area contributed by atoms with Gasteiger partial charge < -0.3 is 19.6 Å². The summed E-state index contributed by atoms with van der Waals surface area (Å²) in [6.45, 7) is 9.70. The quantitative estimate of drug-likeness (QED) is 0.168. The number of para-hydroxylation sites is 1. The topological polar surface area (TPSA) is 87.1 Å². The van der Waals surface area contributed by atoms with Crippen LogP contribution in [0.2, 0.25) is 5.02 Å². The lowest BCUT2D eigenvalue weighted by Gasteiger charge is -2.40. The van der Waals surface area contributed by atoms with Crippen LogP contribution >= 0.6 is 23.4 Å². The van der Waals surface area contributed by atoms with Gasteiger partial charge in [0.05, 0.1) is 46.5 Å². The summed E-state index contributed by atoms with van der Waals surface area (Å²) in [4.78, 5) is 46.4. The van der Waals surface area contributed by atoms with Crippen LogP contribution in [0.25, 0.3) is 0 Å². The minimum atomic E-state index is -0.948. The van der Waals surface area contributed by atoms with Gasteiger partial charge in [-0.1, -0.05) is 66.2 Å². The Morgan fingerprint density at radius 1 is 1.14 bits per heavy atom. The third-order valence-corrected chi connectivity index (χ3v) is 11.5. The highest BCUT2D eigenvalue weighted by atomic mass is 35.5. The smallest absolute Gasteiger partial charge is 0.311 e. The van der Waals surface area contributed by atoms with Crippen LogP contribution < -0.4 is 4.90 Å². The minimum Gasteiger partial charge on any atom is -0.465 e. The zero-order chi connectivity index (χ0) is 30.8. The van der Waals surface area contributed by atoms with Gasteiger partial charge in [-0.05, 0) is 56.7 Å². The fourth-order valence-corrected chi connectivity index (χ4v) is 9.84. The molecule has 3 heterocycles. The molecule has 3 saturated heterocycles. The van der Waals surface area contributed by atoms with E-state index in [4.69, 9.17) is 16.3 Å². The van der Waals surface area contributed by atoms with Crippen molar-refractivity contribution in [3.63, 3.8) is 0 Å². The lowest BCUT2D eigenvalue weighted by molar-refractivity contribution is -0.156. The third kappa shape index (κ3) is 5.42. The zero-order valence-corrected chi connectivity index (χ0v) is 26.1. The predicted octanol–water partition coefficient (Wildman–Crippen LogP) is 5.97. The molecule has 7 nitrogen and oxygen atoms in total. The number of ether oxygens (including phenoxy) is 1. The molecule has 0 saturated carbocycles. The van der Waals surface area contributed by atoms with Crippen LogP contribution in [0.3, 0.4) is 0 Å². The van der Waals surface area contributed by atoms with Gasteiger partial charge in [0.1, 0.15) is 6.04 Å². The number of amides is 2. The average molecular weight is 623 g/mol. The number of esters is 1. The molecule has 3 aliphatic rings. The number of allylic oxidation sites excluding steroid dienone is 1. The van der Waals surface area contributed by atoms with Crippen molar-refractivity contribution in [3.8, 4) is 0 Å². The van der Waals surface area contributed by atoms with Crippen molar-refractivity contribution in [2.24, 2.45) is 11.8 Å². The number of hydrogen-bond donors (Lipinski definition) is 1. The van der Waals surface area contributed by atoms with Gasteiger partial charge in [-0.2, -0.15) is 0 Å². The summed E-state index contributed by atoms with van der Waals surface area (Å²) in [7, 11) is 0. The summed E-state index contributed by atoms with van der Waals surface area (Å²) in [6, 6.07) is 14.6. The van der Waals surface area contributed by atoms with E-state index >= 15 is 0 Å². The highest BCUT2D eigenvalue weighted by Gasteiger charge is 2.78. The fourth-order valence-electron chi connectivity index (χ4n) is 7.27. The summed E-state index contributed by atoms with van der Waals surface area (Å²) < 4.78 is 4.35. The molecule has 2 bridgehead atoms. The van der Waals surface area contributed by atoms with Crippen molar-refractivity contribution in [2.45, 2.75) is 60.6 Å². The highest BCUT2D eigenvalue weighted by Crippen LogP contribution is 2.72. The van der Waals surface area contributed by atoms with Crippen molar-refractivity contribution in [2.75, 3.05) is 24.7 Å². The minimum absolute atomic E-state index is 0.176. The fraction of sp³-hybridized carbons (Fsp3) is 0.441. The molecule has 0 aliphatic carbocycles. The van der Waals surface area contributed by atoms with Gasteiger partial charge >= 0.3 is 5.97 Å². The molecule has 1 spiro atoms. The van der Waals surface area contributed by atoms with Gasteiger partial charge in [0.25, 0.3) is 5.91 Å². The Kier molecular flexibility index (Phi) is 9.40. The number of likely N-dealkylation sites (tertiary alicyclic amines) is 1. The first-order chi connectivity index (χ1) is 20.7. The number of aliphatic hydroxyl groups excluding tert-OH is 1. The molecule has 6 atom stereocenters. The van der Waals surface area contributed by atoms with E-state index in [1.165, 1.54) is 0 Å². The molecule has 5 rings (SSSR count). The van der Waals surface area contributed by atoms with Gasteiger partial charge in [-0.3, -0.25) is 14.4 Å². The first kappa shape index (κ1) is 31.4. The van der Waals surface area contributed by atoms with Gasteiger partial charge in [0.2, 0.25) is 5.91 Å². The molecule has 2 aromatic rings. The number of anilines is 1. The Balaban J connectivity index is 1.59. The predicted molar refractivity (Wildman–Crippen MR) is 171 cm³/mol. The van der Waals surface area contributed by atoms with E-state index in [9.17, 15) is 19.5 Å². The molecular formula is C34H39ClN2O5S. The maximum absolute atomic E-state index is 14.9. The maximum Gasteiger partial charge on any atom is 0.311 e. The molecule has 2 aromatic carbocycles. The number of aliphatic hydroxyl groups is 1.